The largest absolute Gasteiger partial charge is 0.340 e. The average molecular weight is 236 g/mol. The Morgan fingerprint density at radius 1 is 1.29 bits per heavy atom. The number of nitrogens with zero attached hydrogens (tertiary/aromatic N) is 4. The molecule has 3 heterocycles. The van der Waals surface area contributed by atoms with Crippen LogP contribution in [0.5, 0.6) is 0 Å². The van der Waals surface area contributed by atoms with Gasteiger partial charge in [0.25, 0.3) is 0 Å². The molecule has 0 N–H and O–H groups in total. The van der Waals surface area contributed by atoms with Crippen molar-refractivity contribution in [1.82, 2.24) is 19.9 Å². The molecule has 5 heteroatoms. The van der Waals surface area contributed by atoms with Crippen LogP contribution in [0.1, 0.15) is 25.2 Å². The molecule has 1 aromatic heterocycles. The van der Waals surface area contributed by atoms with Gasteiger partial charge in [0, 0.05) is 25.6 Å². The fourth-order valence-corrected chi connectivity index (χ4v) is 3.05. The standard InChI is InChI=1S/C12H20N4O/c1-3-11-9-15(5-2-7-16(11)6-1)8-4-12-13-10-14-17-12/h10-11H,1-9H2. The summed E-state index contributed by atoms with van der Waals surface area (Å²) >= 11 is 0. The normalized spacial score (nSPS) is 26.9. The van der Waals surface area contributed by atoms with Crippen molar-refractivity contribution in [1.29, 1.82) is 0 Å². The number of hydrogen-bond acceptors (Lipinski definition) is 5. The summed E-state index contributed by atoms with van der Waals surface area (Å²) in [4.78, 5) is 9.29. The van der Waals surface area contributed by atoms with Gasteiger partial charge in [0.1, 0.15) is 0 Å². The smallest absolute Gasteiger partial charge is 0.227 e. The van der Waals surface area contributed by atoms with Crippen LogP contribution in [0.25, 0.3) is 0 Å². The second kappa shape index (κ2) is 5.14. The van der Waals surface area contributed by atoms with Crippen LogP contribution in [0.4, 0.5) is 0 Å². The van der Waals surface area contributed by atoms with E-state index in [1.165, 1.54) is 51.8 Å². The molecule has 5 nitrogen and oxygen atoms in total. The Morgan fingerprint density at radius 2 is 2.24 bits per heavy atom. The van der Waals surface area contributed by atoms with Gasteiger partial charge in [-0.25, -0.2) is 0 Å². The lowest BCUT2D eigenvalue weighted by Gasteiger charge is -2.25. The van der Waals surface area contributed by atoms with Crippen LogP contribution in [0.2, 0.25) is 0 Å². The summed E-state index contributed by atoms with van der Waals surface area (Å²) in [5, 5.41) is 3.64. The summed E-state index contributed by atoms with van der Waals surface area (Å²) in [6.07, 6.45) is 6.41. The van der Waals surface area contributed by atoms with Crippen LogP contribution in [-0.4, -0.2) is 58.7 Å². The van der Waals surface area contributed by atoms with Crippen molar-refractivity contribution in [3.63, 3.8) is 0 Å². The fraction of sp³-hybridized carbons (Fsp3) is 0.833. The van der Waals surface area contributed by atoms with Crippen molar-refractivity contribution >= 4 is 0 Å². The van der Waals surface area contributed by atoms with E-state index >= 15 is 0 Å². The Kier molecular flexibility index (Phi) is 3.38. The SMILES string of the molecule is c1noc(CCN2CCCN3CCCC3C2)n1. The zero-order valence-electron chi connectivity index (χ0n) is 10.2. The molecule has 94 valence electrons. The van der Waals surface area contributed by atoms with E-state index in [9.17, 15) is 0 Å². The first-order valence-electron chi connectivity index (χ1n) is 6.64. The van der Waals surface area contributed by atoms with Crippen LogP contribution in [-0.2, 0) is 6.42 Å². The van der Waals surface area contributed by atoms with E-state index < -0.39 is 0 Å². The third-order valence-corrected chi connectivity index (χ3v) is 3.94. The van der Waals surface area contributed by atoms with Gasteiger partial charge in [0.15, 0.2) is 6.33 Å². The van der Waals surface area contributed by atoms with Crippen molar-refractivity contribution in [2.75, 3.05) is 32.7 Å². The van der Waals surface area contributed by atoms with Crippen LogP contribution < -0.4 is 0 Å². The van der Waals surface area contributed by atoms with Gasteiger partial charge < -0.3 is 9.42 Å². The minimum atomic E-state index is 0.762. The maximum atomic E-state index is 5.04. The monoisotopic (exact) mass is 236 g/mol. The lowest BCUT2D eigenvalue weighted by molar-refractivity contribution is 0.217. The predicted molar refractivity (Wildman–Crippen MR) is 63.7 cm³/mol. The van der Waals surface area contributed by atoms with Crippen molar-refractivity contribution < 1.29 is 4.52 Å². The van der Waals surface area contributed by atoms with E-state index in [0.29, 0.717) is 0 Å². The van der Waals surface area contributed by atoms with Gasteiger partial charge in [-0.15, -0.1) is 0 Å². The molecule has 1 aromatic rings. The highest BCUT2D eigenvalue weighted by Gasteiger charge is 2.28. The highest BCUT2D eigenvalue weighted by molar-refractivity contribution is 4.86. The molecular weight excluding hydrogens is 216 g/mol. The molecule has 0 radical (unpaired) electrons. The Morgan fingerprint density at radius 3 is 3.12 bits per heavy atom. The molecule has 2 aliphatic heterocycles. The maximum absolute atomic E-state index is 5.04. The molecule has 2 fully saturated rings. The van der Waals surface area contributed by atoms with E-state index in [4.69, 9.17) is 4.52 Å². The molecule has 0 saturated carbocycles. The molecular formula is C12H20N4O. The van der Waals surface area contributed by atoms with Crippen molar-refractivity contribution in [3.05, 3.63) is 12.2 Å². The maximum Gasteiger partial charge on any atom is 0.227 e. The van der Waals surface area contributed by atoms with Crippen molar-refractivity contribution in [3.8, 4) is 0 Å². The molecule has 1 atom stereocenters. The van der Waals surface area contributed by atoms with E-state index in [2.05, 4.69) is 19.9 Å². The molecule has 1 unspecified atom stereocenters. The zero-order valence-corrected chi connectivity index (χ0v) is 10.2. The van der Waals surface area contributed by atoms with E-state index in [0.717, 1.165) is 24.9 Å². The molecule has 0 spiro atoms. The third-order valence-electron chi connectivity index (χ3n) is 3.94. The molecule has 0 amide bonds. The lowest BCUT2D eigenvalue weighted by atomic mass is 10.2. The summed E-state index contributed by atoms with van der Waals surface area (Å²) < 4.78 is 5.04. The van der Waals surface area contributed by atoms with Gasteiger partial charge in [0.2, 0.25) is 5.89 Å². The number of rotatable bonds is 3. The van der Waals surface area contributed by atoms with Crippen molar-refractivity contribution in [2.24, 2.45) is 0 Å². The second-order valence-corrected chi connectivity index (χ2v) is 5.07. The quantitative estimate of drug-likeness (QED) is 0.776. The minimum Gasteiger partial charge on any atom is -0.340 e. The molecule has 0 aromatic carbocycles. The molecule has 17 heavy (non-hydrogen) atoms. The summed E-state index contributed by atoms with van der Waals surface area (Å²) in [7, 11) is 0. The first kappa shape index (κ1) is 11.2. The topological polar surface area (TPSA) is 45.4 Å². The number of fused-ring (bicyclic) bond motifs is 1. The first-order chi connectivity index (χ1) is 8.42. The van der Waals surface area contributed by atoms with Crippen LogP contribution in [0, 0.1) is 0 Å². The Balaban J connectivity index is 1.52. The molecule has 3 rings (SSSR count). The Labute approximate surface area is 102 Å². The highest BCUT2D eigenvalue weighted by Crippen LogP contribution is 2.21. The fourth-order valence-electron chi connectivity index (χ4n) is 3.05. The minimum absolute atomic E-state index is 0.762. The molecule has 2 aliphatic rings. The summed E-state index contributed by atoms with van der Waals surface area (Å²) in [6.45, 7) is 6.06. The van der Waals surface area contributed by atoms with Gasteiger partial charge in [0.05, 0.1) is 0 Å². The van der Waals surface area contributed by atoms with E-state index in [1.54, 1.807) is 0 Å². The van der Waals surface area contributed by atoms with Crippen LogP contribution in [0.15, 0.2) is 10.9 Å². The third kappa shape index (κ3) is 2.66. The number of aromatic nitrogens is 2. The van der Waals surface area contributed by atoms with Crippen molar-refractivity contribution in [2.45, 2.75) is 31.7 Å². The van der Waals surface area contributed by atoms with E-state index in [1.807, 2.05) is 0 Å². The highest BCUT2D eigenvalue weighted by atomic mass is 16.5. The Hall–Kier alpha value is -0.940. The van der Waals surface area contributed by atoms with Gasteiger partial charge in [-0.1, -0.05) is 5.16 Å². The molecule has 0 bridgehead atoms. The number of hydrogen-bond donors (Lipinski definition) is 0. The van der Waals surface area contributed by atoms with Crippen LogP contribution in [0.3, 0.4) is 0 Å². The van der Waals surface area contributed by atoms with Gasteiger partial charge in [-0.05, 0) is 38.9 Å². The first-order valence-corrected chi connectivity index (χ1v) is 6.64. The second-order valence-electron chi connectivity index (χ2n) is 5.07. The van der Waals surface area contributed by atoms with E-state index in [-0.39, 0.29) is 0 Å². The van der Waals surface area contributed by atoms with Crippen LogP contribution >= 0.6 is 0 Å². The zero-order chi connectivity index (χ0) is 11.5. The predicted octanol–water partition coefficient (Wildman–Crippen LogP) is 0.782. The molecule has 2 saturated heterocycles. The molecule has 0 aliphatic carbocycles. The lowest BCUT2D eigenvalue weighted by Crippen LogP contribution is -2.37. The summed E-state index contributed by atoms with van der Waals surface area (Å²) in [5.74, 6) is 0.762. The van der Waals surface area contributed by atoms with Gasteiger partial charge in [-0.2, -0.15) is 4.98 Å². The van der Waals surface area contributed by atoms with Gasteiger partial charge in [-0.3, -0.25) is 4.90 Å². The average Bonchev–Trinajstić information content (AvgIpc) is 2.95. The summed E-state index contributed by atoms with van der Waals surface area (Å²) in [6, 6.07) is 0.792. The summed E-state index contributed by atoms with van der Waals surface area (Å²) in [5.41, 5.74) is 0. The van der Waals surface area contributed by atoms with Gasteiger partial charge >= 0.3 is 0 Å². The Bertz CT molecular complexity index is 340.